The van der Waals surface area contributed by atoms with Crippen LogP contribution in [0.15, 0.2) is 174 Å². The van der Waals surface area contributed by atoms with Crippen molar-refractivity contribution in [3.63, 3.8) is 0 Å². The summed E-state index contributed by atoms with van der Waals surface area (Å²) in [4.78, 5) is 0. The van der Waals surface area contributed by atoms with Gasteiger partial charge in [0.1, 0.15) is 11.2 Å². The highest BCUT2D eigenvalue weighted by atomic mass is 16.3. The molecule has 0 fully saturated rings. The summed E-state index contributed by atoms with van der Waals surface area (Å²) in [6, 6.07) is 62.0. The van der Waals surface area contributed by atoms with Crippen LogP contribution in [-0.4, -0.2) is 0 Å². The van der Waals surface area contributed by atoms with Crippen molar-refractivity contribution in [1.29, 1.82) is 0 Å². The third kappa shape index (κ3) is 5.30. The number of rotatable bonds is 3. The largest absolute Gasteiger partial charge is 0.456 e. The normalized spacial score (nSPS) is 13.7. The van der Waals surface area contributed by atoms with Gasteiger partial charge in [-0.1, -0.05) is 166 Å². The number of hydrogen-bond donors (Lipinski definition) is 0. The molecule has 1 aromatic heterocycles. The van der Waals surface area contributed by atoms with Crippen LogP contribution in [0.1, 0.15) is 38.8 Å². The Hall–Kier alpha value is -6.70. The van der Waals surface area contributed by atoms with Gasteiger partial charge in [0.2, 0.25) is 0 Å². The van der Waals surface area contributed by atoms with E-state index in [1.54, 1.807) is 0 Å². The zero-order valence-corrected chi connectivity index (χ0v) is 32.2. The molecule has 0 N–H and O–H groups in total. The molecule has 1 heterocycles. The van der Waals surface area contributed by atoms with Crippen molar-refractivity contribution in [2.45, 2.75) is 33.1 Å². The first kappa shape index (κ1) is 33.8. The Morgan fingerprint density at radius 2 is 1.00 bits per heavy atom. The molecule has 0 spiro atoms. The molecule has 1 aliphatic carbocycles. The Balaban J connectivity index is 1.07. The van der Waals surface area contributed by atoms with Gasteiger partial charge in [-0.05, 0) is 132 Å². The first-order chi connectivity index (χ1) is 27.4. The lowest BCUT2D eigenvalue weighted by atomic mass is 9.79. The molecule has 0 atom stereocenters. The molecule has 0 amide bonds. The molecule has 10 rings (SSSR count). The summed E-state index contributed by atoms with van der Waals surface area (Å²) in [6.45, 7) is 9.04. The predicted octanol–water partition coefficient (Wildman–Crippen LogP) is 13.9. The van der Waals surface area contributed by atoms with E-state index in [0.29, 0.717) is 0 Å². The van der Waals surface area contributed by atoms with Crippen LogP contribution in [0, 0.1) is 0 Å². The van der Waals surface area contributed by atoms with E-state index in [1.807, 2.05) is 6.07 Å². The monoisotopic (exact) mass is 718 g/mol. The quantitative estimate of drug-likeness (QED) is 0.177. The van der Waals surface area contributed by atoms with Gasteiger partial charge in [0.05, 0.1) is 0 Å². The van der Waals surface area contributed by atoms with Crippen molar-refractivity contribution in [3.05, 3.63) is 191 Å². The number of para-hydroxylation sites is 1. The first-order valence-electron chi connectivity index (χ1n) is 19.7. The van der Waals surface area contributed by atoms with Gasteiger partial charge in [0.25, 0.3) is 0 Å². The topological polar surface area (TPSA) is 13.1 Å². The maximum absolute atomic E-state index is 6.27. The molecule has 268 valence electrons. The Morgan fingerprint density at radius 1 is 0.411 bits per heavy atom. The fourth-order valence-electron chi connectivity index (χ4n) is 9.39. The van der Waals surface area contributed by atoms with Crippen LogP contribution in [0.2, 0.25) is 0 Å². The van der Waals surface area contributed by atoms with Crippen LogP contribution in [0.3, 0.4) is 0 Å². The predicted molar refractivity (Wildman–Crippen MR) is 240 cm³/mol. The molecule has 0 radical (unpaired) electrons. The van der Waals surface area contributed by atoms with Gasteiger partial charge in [-0.25, -0.2) is 0 Å². The van der Waals surface area contributed by atoms with Crippen molar-refractivity contribution in [1.82, 2.24) is 0 Å². The van der Waals surface area contributed by atoms with Crippen molar-refractivity contribution in [2.75, 3.05) is 0 Å². The second kappa shape index (κ2) is 13.3. The Morgan fingerprint density at radius 3 is 1.75 bits per heavy atom. The van der Waals surface area contributed by atoms with Crippen molar-refractivity contribution in [2.24, 2.45) is 0 Å². The summed E-state index contributed by atoms with van der Waals surface area (Å²) < 4.78 is 6.27. The van der Waals surface area contributed by atoms with E-state index in [-0.39, 0.29) is 5.41 Å². The molecule has 1 heteroatoms. The Bertz CT molecular complexity index is 3230. The van der Waals surface area contributed by atoms with Crippen LogP contribution in [0.4, 0.5) is 0 Å². The molecule has 0 saturated carbocycles. The van der Waals surface area contributed by atoms with Gasteiger partial charge in [0.15, 0.2) is 0 Å². The first-order valence-corrected chi connectivity index (χ1v) is 19.7. The second-order valence-corrected chi connectivity index (χ2v) is 15.5. The van der Waals surface area contributed by atoms with Crippen LogP contribution in [0.5, 0.6) is 0 Å². The average molecular weight is 719 g/mol. The van der Waals surface area contributed by atoms with Crippen LogP contribution < -0.4 is 10.4 Å². The zero-order chi connectivity index (χ0) is 38.0. The van der Waals surface area contributed by atoms with Crippen LogP contribution in [-0.2, 0) is 5.41 Å². The van der Waals surface area contributed by atoms with Crippen LogP contribution in [0.25, 0.3) is 100 Å². The Kier molecular flexibility index (Phi) is 8.01. The molecule has 56 heavy (non-hydrogen) atoms. The molecule has 0 unspecified atom stereocenters. The standard InChI is InChI=1S/C55H42O/c1-5-41-42(6-2)44(19-13-8-7-12-18-43(41)35-16-10-9-11-17-35)40-25-24-36-32-37(22-23-38(36)33-40)39-26-30-50-49(34-39)47-28-27-45-46(54(47)55(50,3)4)29-31-52-53(45)48-20-14-15-21-51(48)56-52/h5-34H,1-4H3. The molecule has 1 nitrogen and oxygen atoms in total. The molecule has 0 saturated heterocycles. The maximum atomic E-state index is 6.27. The van der Waals surface area contributed by atoms with Gasteiger partial charge in [-0.3, -0.25) is 0 Å². The van der Waals surface area contributed by atoms with E-state index >= 15 is 0 Å². The minimum absolute atomic E-state index is 0.138. The van der Waals surface area contributed by atoms with Crippen LogP contribution >= 0.6 is 0 Å². The van der Waals surface area contributed by atoms with Gasteiger partial charge >= 0.3 is 0 Å². The summed E-state index contributed by atoms with van der Waals surface area (Å²) in [7, 11) is 0. The third-order valence-electron chi connectivity index (χ3n) is 12.0. The molecule has 9 aromatic rings. The lowest BCUT2D eigenvalue weighted by Gasteiger charge is -2.23. The highest BCUT2D eigenvalue weighted by Gasteiger charge is 2.37. The van der Waals surface area contributed by atoms with Crippen molar-refractivity contribution >= 4 is 55.6 Å². The van der Waals surface area contributed by atoms with Gasteiger partial charge in [0, 0.05) is 16.2 Å². The van der Waals surface area contributed by atoms with Gasteiger partial charge < -0.3 is 4.42 Å². The minimum Gasteiger partial charge on any atom is -0.456 e. The molecule has 0 aliphatic heterocycles. The fraction of sp³-hybridized carbons (Fsp3) is 0.0909. The lowest BCUT2D eigenvalue weighted by Crippen LogP contribution is -2.26. The highest BCUT2D eigenvalue weighted by molar-refractivity contribution is 6.20. The average Bonchev–Trinajstić information content (AvgIpc) is 3.73. The van der Waals surface area contributed by atoms with E-state index in [0.717, 1.165) is 11.2 Å². The fourth-order valence-corrected chi connectivity index (χ4v) is 9.39. The third-order valence-corrected chi connectivity index (χ3v) is 12.0. The van der Waals surface area contributed by atoms with E-state index in [4.69, 9.17) is 4.42 Å². The summed E-state index contributed by atoms with van der Waals surface area (Å²) >= 11 is 0. The van der Waals surface area contributed by atoms with Gasteiger partial charge in [-0.2, -0.15) is 0 Å². The number of benzene rings is 7. The van der Waals surface area contributed by atoms with Crippen molar-refractivity contribution in [3.8, 4) is 44.5 Å². The zero-order valence-electron chi connectivity index (χ0n) is 32.2. The SMILES string of the molecule is CC=c1c(-c2ccccc2)ccccccc(-c2ccc3cc(-c4ccc5c(c4)-c4ccc6c(ccc7oc8ccccc8c76)c4C5(C)C)ccc3c2)c1=CC. The summed E-state index contributed by atoms with van der Waals surface area (Å²) in [5.74, 6) is 0. The number of furan rings is 1. The second-order valence-electron chi connectivity index (χ2n) is 15.5. The summed E-state index contributed by atoms with van der Waals surface area (Å²) in [5.41, 5.74) is 14.4. The summed E-state index contributed by atoms with van der Waals surface area (Å²) in [5, 5.41) is 9.83. The number of hydrogen-bond acceptors (Lipinski definition) is 1. The summed E-state index contributed by atoms with van der Waals surface area (Å²) in [6.07, 6.45) is 4.49. The molecular weight excluding hydrogens is 677 g/mol. The smallest absolute Gasteiger partial charge is 0.136 e. The van der Waals surface area contributed by atoms with E-state index < -0.39 is 0 Å². The Labute approximate surface area is 327 Å². The van der Waals surface area contributed by atoms with Crippen molar-refractivity contribution < 1.29 is 4.42 Å². The number of fused-ring (bicyclic) bond motifs is 10. The van der Waals surface area contributed by atoms with Gasteiger partial charge in [-0.15, -0.1) is 0 Å². The molecular formula is C55H42O. The molecule has 0 bridgehead atoms. The lowest BCUT2D eigenvalue weighted by molar-refractivity contribution is 0.665. The maximum Gasteiger partial charge on any atom is 0.136 e. The molecule has 1 aliphatic rings. The van der Waals surface area contributed by atoms with E-state index in [9.17, 15) is 0 Å². The van der Waals surface area contributed by atoms with E-state index in [1.165, 1.54) is 98.4 Å². The van der Waals surface area contributed by atoms with E-state index in [2.05, 4.69) is 204 Å². The minimum atomic E-state index is -0.138. The highest BCUT2D eigenvalue weighted by Crippen LogP contribution is 2.53. The molecule has 8 aromatic carbocycles.